The standard InChI is InChI=1S/C26H29N3O7/c1-34-21-10-5-9-19-15-22(36-23(19)21)24(31)27-20(16-30)25(32)28-11-6-12-29(14-13-28)26(33)35-17-18-7-3-2-4-8-18/h2-5,7-10,15,20,30H,6,11-14,16-17H2,1H3,(H,27,31). The molecule has 190 valence electrons. The number of nitrogens with one attached hydrogen (secondary N) is 1. The quantitative estimate of drug-likeness (QED) is 0.516. The Hall–Kier alpha value is -4.05. The van der Waals surface area contributed by atoms with Gasteiger partial charge in [-0.25, -0.2) is 4.79 Å². The van der Waals surface area contributed by atoms with E-state index in [0.717, 1.165) is 5.56 Å². The fourth-order valence-electron chi connectivity index (χ4n) is 4.08. The van der Waals surface area contributed by atoms with E-state index in [9.17, 15) is 19.5 Å². The second-order valence-electron chi connectivity index (χ2n) is 8.40. The smallest absolute Gasteiger partial charge is 0.410 e. The van der Waals surface area contributed by atoms with Gasteiger partial charge in [-0.2, -0.15) is 0 Å². The summed E-state index contributed by atoms with van der Waals surface area (Å²) in [5, 5.41) is 13.1. The van der Waals surface area contributed by atoms with Crippen molar-refractivity contribution in [3.05, 3.63) is 65.9 Å². The molecule has 4 rings (SSSR count). The van der Waals surface area contributed by atoms with Gasteiger partial charge in [0.1, 0.15) is 12.6 Å². The van der Waals surface area contributed by atoms with Gasteiger partial charge in [0.25, 0.3) is 5.91 Å². The zero-order chi connectivity index (χ0) is 25.5. The molecule has 0 aliphatic carbocycles. The lowest BCUT2D eigenvalue weighted by Crippen LogP contribution is -2.51. The van der Waals surface area contributed by atoms with Crippen molar-refractivity contribution in [3.8, 4) is 5.75 Å². The van der Waals surface area contributed by atoms with Crippen LogP contribution in [0.25, 0.3) is 11.0 Å². The van der Waals surface area contributed by atoms with Gasteiger partial charge in [-0.1, -0.05) is 42.5 Å². The van der Waals surface area contributed by atoms with E-state index in [1.54, 1.807) is 29.2 Å². The van der Waals surface area contributed by atoms with E-state index >= 15 is 0 Å². The number of ether oxygens (including phenoxy) is 2. The highest BCUT2D eigenvalue weighted by Gasteiger charge is 2.29. The van der Waals surface area contributed by atoms with Gasteiger partial charge in [-0.15, -0.1) is 0 Å². The molecule has 36 heavy (non-hydrogen) atoms. The maximum atomic E-state index is 13.1. The first-order valence-corrected chi connectivity index (χ1v) is 11.7. The Morgan fingerprint density at radius 2 is 1.78 bits per heavy atom. The van der Waals surface area contributed by atoms with Crippen LogP contribution in [0.2, 0.25) is 0 Å². The summed E-state index contributed by atoms with van der Waals surface area (Å²) >= 11 is 0. The topological polar surface area (TPSA) is 122 Å². The van der Waals surface area contributed by atoms with Crippen LogP contribution in [0.4, 0.5) is 4.79 Å². The van der Waals surface area contributed by atoms with Crippen molar-refractivity contribution in [1.29, 1.82) is 0 Å². The number of carbonyl (C=O) groups excluding carboxylic acids is 3. The van der Waals surface area contributed by atoms with Crippen molar-refractivity contribution in [2.45, 2.75) is 19.1 Å². The third kappa shape index (κ3) is 5.77. The number of fused-ring (bicyclic) bond motifs is 1. The molecule has 2 heterocycles. The Bertz CT molecular complexity index is 1210. The average Bonchev–Trinajstić information content (AvgIpc) is 3.20. The van der Waals surface area contributed by atoms with Crippen LogP contribution in [0.3, 0.4) is 0 Å². The number of benzene rings is 2. The summed E-state index contributed by atoms with van der Waals surface area (Å²) in [6.07, 6.45) is 0.0993. The number of methoxy groups -OCH3 is 1. The molecule has 0 radical (unpaired) electrons. The molecular formula is C26H29N3O7. The zero-order valence-electron chi connectivity index (χ0n) is 20.0. The van der Waals surface area contributed by atoms with Gasteiger partial charge in [0.15, 0.2) is 17.1 Å². The average molecular weight is 496 g/mol. The van der Waals surface area contributed by atoms with Gasteiger partial charge < -0.3 is 34.1 Å². The van der Waals surface area contributed by atoms with Crippen LogP contribution in [0.1, 0.15) is 22.5 Å². The molecular weight excluding hydrogens is 466 g/mol. The number of aliphatic hydroxyl groups excluding tert-OH is 1. The largest absolute Gasteiger partial charge is 0.493 e. The van der Waals surface area contributed by atoms with E-state index in [2.05, 4.69) is 5.32 Å². The van der Waals surface area contributed by atoms with Crippen LogP contribution in [-0.4, -0.2) is 78.8 Å². The highest BCUT2D eigenvalue weighted by atomic mass is 16.6. The minimum atomic E-state index is -1.15. The predicted molar refractivity (Wildman–Crippen MR) is 131 cm³/mol. The van der Waals surface area contributed by atoms with E-state index < -0.39 is 30.6 Å². The molecule has 1 fully saturated rings. The van der Waals surface area contributed by atoms with Crippen molar-refractivity contribution in [2.24, 2.45) is 0 Å². The van der Waals surface area contributed by atoms with E-state index in [-0.39, 0.29) is 25.5 Å². The summed E-state index contributed by atoms with van der Waals surface area (Å²) < 4.78 is 16.3. The summed E-state index contributed by atoms with van der Waals surface area (Å²) in [4.78, 5) is 41.4. The van der Waals surface area contributed by atoms with Crippen molar-refractivity contribution < 1.29 is 33.4 Å². The van der Waals surface area contributed by atoms with Gasteiger partial charge in [-0.3, -0.25) is 9.59 Å². The van der Waals surface area contributed by atoms with Crippen LogP contribution >= 0.6 is 0 Å². The van der Waals surface area contributed by atoms with E-state index in [0.29, 0.717) is 36.2 Å². The molecule has 3 aromatic rings. The zero-order valence-corrected chi connectivity index (χ0v) is 20.0. The molecule has 1 atom stereocenters. The van der Waals surface area contributed by atoms with Crippen molar-refractivity contribution in [1.82, 2.24) is 15.1 Å². The fraction of sp³-hybridized carbons (Fsp3) is 0.346. The summed E-state index contributed by atoms with van der Waals surface area (Å²) in [5.41, 5.74) is 1.31. The first kappa shape index (κ1) is 25.1. The molecule has 2 aromatic carbocycles. The van der Waals surface area contributed by atoms with Gasteiger partial charge in [0, 0.05) is 31.6 Å². The molecule has 1 aliphatic rings. The monoisotopic (exact) mass is 495 g/mol. The second kappa shape index (κ2) is 11.6. The van der Waals surface area contributed by atoms with E-state index in [1.807, 2.05) is 30.3 Å². The number of amides is 3. The Kier molecular flexibility index (Phi) is 8.06. The van der Waals surface area contributed by atoms with Gasteiger partial charge in [0.2, 0.25) is 5.91 Å². The molecule has 1 aliphatic heterocycles. The number of rotatable bonds is 7. The number of hydrogen-bond donors (Lipinski definition) is 2. The molecule has 10 heteroatoms. The van der Waals surface area contributed by atoms with Crippen LogP contribution in [0.15, 0.2) is 59.0 Å². The SMILES string of the molecule is COc1cccc2cc(C(=O)NC(CO)C(=O)N3CCCN(C(=O)OCc4ccccc4)CC3)oc12. The first-order valence-electron chi connectivity index (χ1n) is 11.7. The van der Waals surface area contributed by atoms with E-state index in [1.165, 1.54) is 12.0 Å². The molecule has 3 amide bonds. The molecule has 10 nitrogen and oxygen atoms in total. The summed E-state index contributed by atoms with van der Waals surface area (Å²) in [5.74, 6) is -0.567. The van der Waals surface area contributed by atoms with Gasteiger partial charge in [-0.05, 0) is 24.1 Å². The molecule has 1 aromatic heterocycles. The van der Waals surface area contributed by atoms with Crippen molar-refractivity contribution in [3.63, 3.8) is 0 Å². The van der Waals surface area contributed by atoms with Crippen molar-refractivity contribution in [2.75, 3.05) is 39.9 Å². The first-order chi connectivity index (χ1) is 17.5. The lowest BCUT2D eigenvalue weighted by Gasteiger charge is -2.25. The minimum absolute atomic E-state index is 0.00366. The lowest BCUT2D eigenvalue weighted by molar-refractivity contribution is -0.134. The highest BCUT2D eigenvalue weighted by Crippen LogP contribution is 2.28. The van der Waals surface area contributed by atoms with Crippen molar-refractivity contribution >= 4 is 28.9 Å². The molecule has 2 N–H and O–H groups in total. The molecule has 0 spiro atoms. The molecule has 0 saturated carbocycles. The number of nitrogens with zero attached hydrogens (tertiary/aromatic N) is 2. The maximum Gasteiger partial charge on any atom is 0.410 e. The Balaban J connectivity index is 1.33. The van der Waals surface area contributed by atoms with Crippen LogP contribution in [0.5, 0.6) is 5.75 Å². The maximum absolute atomic E-state index is 13.1. The third-order valence-corrected chi connectivity index (χ3v) is 6.01. The van der Waals surface area contributed by atoms with Crippen LogP contribution in [-0.2, 0) is 16.1 Å². The third-order valence-electron chi connectivity index (χ3n) is 6.01. The fourth-order valence-corrected chi connectivity index (χ4v) is 4.08. The molecule has 1 saturated heterocycles. The van der Waals surface area contributed by atoms with E-state index in [4.69, 9.17) is 13.9 Å². The summed E-state index contributed by atoms with van der Waals surface area (Å²) in [6, 6.07) is 15.1. The predicted octanol–water partition coefficient (Wildman–Crippen LogP) is 2.40. The van der Waals surface area contributed by atoms with Gasteiger partial charge in [0.05, 0.1) is 13.7 Å². The number of para-hydroxylation sites is 1. The lowest BCUT2D eigenvalue weighted by atomic mass is 10.2. The Morgan fingerprint density at radius 1 is 1.03 bits per heavy atom. The Morgan fingerprint density at radius 3 is 2.53 bits per heavy atom. The molecule has 1 unspecified atom stereocenters. The normalized spacial score (nSPS) is 14.7. The number of furan rings is 1. The van der Waals surface area contributed by atoms with Gasteiger partial charge >= 0.3 is 6.09 Å². The number of aliphatic hydroxyl groups is 1. The van der Waals surface area contributed by atoms with Crippen LogP contribution < -0.4 is 10.1 Å². The minimum Gasteiger partial charge on any atom is -0.493 e. The summed E-state index contributed by atoms with van der Waals surface area (Å²) in [7, 11) is 1.50. The van der Waals surface area contributed by atoms with Crippen LogP contribution in [0, 0.1) is 0 Å². The number of hydrogen-bond acceptors (Lipinski definition) is 7. The summed E-state index contributed by atoms with van der Waals surface area (Å²) in [6.45, 7) is 0.963. The Labute approximate surface area is 208 Å². The molecule has 0 bridgehead atoms. The number of carbonyl (C=O) groups is 3. The highest BCUT2D eigenvalue weighted by molar-refractivity contribution is 5.99. The second-order valence-corrected chi connectivity index (χ2v) is 8.40.